The molecule has 0 aliphatic carbocycles. The number of amides is 1. The van der Waals surface area contributed by atoms with Crippen LogP contribution in [0.2, 0.25) is 0 Å². The standard InChI is InChI=1S/C13H17BN2O2.C13H19BN2O.C13H20N2O/c1-6-13(3,4)10-8(2)16(5)7-9(11(10)17)15-12(14)18;1-6-13(3,4)11-9(2)16(5)7-10(12(11)17)15-8-14;1-7-13(3,4)11-9(2)15(6)8-10(14-5)12(11)16/h6-7H,1H2,2-5H3,(H,15,18);6-7,15H,1,8H2,2-5H3;7-8,14H,1H2,2-6H3. The molecule has 4 radical (unpaired) electrons. The molecule has 3 rings (SSSR count). The minimum atomic E-state index is -0.752. The first-order chi connectivity index (χ1) is 23.4. The first-order valence-electron chi connectivity index (χ1n) is 16.6. The molecule has 0 spiro atoms. The average molecular weight is 695 g/mol. The maximum Gasteiger partial charge on any atom is 0.209 e. The van der Waals surface area contributed by atoms with Gasteiger partial charge in [0, 0.05) is 96.8 Å². The summed E-state index contributed by atoms with van der Waals surface area (Å²) in [6, 6.07) is 0. The number of allylic oxidation sites excluding steroid dienone is 3. The monoisotopic (exact) mass is 694 g/mol. The number of nitrogens with one attached hydrogen (secondary N) is 3. The molecule has 0 aliphatic heterocycles. The third kappa shape index (κ3) is 10.2. The van der Waals surface area contributed by atoms with Gasteiger partial charge in [-0.2, -0.15) is 0 Å². The van der Waals surface area contributed by atoms with E-state index >= 15 is 0 Å². The molecule has 0 saturated heterocycles. The lowest BCUT2D eigenvalue weighted by Gasteiger charge is -2.24. The number of rotatable bonds is 10. The van der Waals surface area contributed by atoms with Gasteiger partial charge in [0.05, 0.1) is 19.2 Å². The van der Waals surface area contributed by atoms with Crippen LogP contribution in [0.15, 0.2) is 70.9 Å². The maximum absolute atomic E-state index is 12.4. The zero-order valence-electron chi connectivity index (χ0n) is 32.9. The van der Waals surface area contributed by atoms with Crippen molar-refractivity contribution >= 4 is 38.6 Å². The summed E-state index contributed by atoms with van der Waals surface area (Å²) in [6.45, 7) is 28.9. The zero-order chi connectivity index (χ0) is 39.8. The highest BCUT2D eigenvalue weighted by Crippen LogP contribution is 2.27. The van der Waals surface area contributed by atoms with Gasteiger partial charge in [-0.3, -0.25) is 19.2 Å². The van der Waals surface area contributed by atoms with Gasteiger partial charge in [-0.1, -0.05) is 59.8 Å². The summed E-state index contributed by atoms with van der Waals surface area (Å²) in [5.74, 6) is -0.752. The van der Waals surface area contributed by atoms with Crippen LogP contribution in [-0.2, 0) is 37.4 Å². The molecule has 12 heteroatoms. The van der Waals surface area contributed by atoms with Crippen LogP contribution in [-0.4, -0.2) is 48.7 Å². The molecule has 1 amide bonds. The molecule has 272 valence electrons. The highest BCUT2D eigenvalue weighted by Gasteiger charge is 2.27. The Morgan fingerprint density at radius 3 is 1.25 bits per heavy atom. The lowest BCUT2D eigenvalue weighted by Crippen LogP contribution is -2.30. The fraction of sp³-hybridized carbons (Fsp3) is 0.436. The summed E-state index contributed by atoms with van der Waals surface area (Å²) in [5.41, 5.74) is 4.94. The van der Waals surface area contributed by atoms with Crippen LogP contribution in [0, 0.1) is 20.8 Å². The number of nitrogens with zero attached hydrogens (tertiary/aromatic N) is 3. The van der Waals surface area contributed by atoms with Crippen molar-refractivity contribution in [1.29, 1.82) is 0 Å². The molecule has 3 N–H and O–H groups in total. The van der Waals surface area contributed by atoms with Crippen LogP contribution in [0.4, 0.5) is 21.9 Å². The van der Waals surface area contributed by atoms with Crippen LogP contribution in [0.1, 0.15) is 75.3 Å². The molecule has 51 heavy (non-hydrogen) atoms. The largest absolute Gasteiger partial charge is 0.390 e. The minimum absolute atomic E-state index is 0.00375. The Hall–Kier alpha value is -4.73. The summed E-state index contributed by atoms with van der Waals surface area (Å²) in [6.07, 6.45) is 10.7. The van der Waals surface area contributed by atoms with Gasteiger partial charge in [-0.05, 0) is 27.2 Å². The second-order valence-corrected chi connectivity index (χ2v) is 14.2. The lowest BCUT2D eigenvalue weighted by molar-refractivity contribution is 0.269. The van der Waals surface area contributed by atoms with E-state index in [0.29, 0.717) is 16.9 Å². The predicted octanol–water partition coefficient (Wildman–Crippen LogP) is 5.75. The third-order valence-electron chi connectivity index (χ3n) is 9.34. The highest BCUT2D eigenvalue weighted by molar-refractivity contribution is 6.60. The van der Waals surface area contributed by atoms with E-state index in [0.717, 1.165) is 28.2 Å². The maximum atomic E-state index is 12.4. The smallest absolute Gasteiger partial charge is 0.209 e. The molecule has 0 atom stereocenters. The molecular formula is C39H56B2N6O4. The summed E-state index contributed by atoms with van der Waals surface area (Å²) >= 11 is 0. The Morgan fingerprint density at radius 1 is 0.667 bits per heavy atom. The SMILES string of the molecule is C=CC(C)(C)c1c(C)n(C)cc(NC)c1=O.[B]C(=O)Nc1cn(C)c(C)c(C(C)(C)C=C)c1=O.[B]CNc1cn(C)c(C)c(C(C)(C)C=C)c1=O. The molecule has 0 bridgehead atoms. The molecule has 3 aromatic heterocycles. The molecule has 0 saturated carbocycles. The van der Waals surface area contributed by atoms with E-state index in [4.69, 9.17) is 15.7 Å². The average Bonchev–Trinajstić information content (AvgIpc) is 3.04. The van der Waals surface area contributed by atoms with Crippen molar-refractivity contribution < 1.29 is 4.79 Å². The molecule has 0 unspecified atom stereocenters. The van der Waals surface area contributed by atoms with Crippen LogP contribution in [0.25, 0.3) is 0 Å². The molecule has 0 aromatic carbocycles. The van der Waals surface area contributed by atoms with Crippen LogP contribution < -0.4 is 32.2 Å². The van der Waals surface area contributed by atoms with Gasteiger partial charge < -0.3 is 29.7 Å². The summed E-state index contributed by atoms with van der Waals surface area (Å²) < 4.78 is 5.68. The fourth-order valence-electron chi connectivity index (χ4n) is 5.69. The number of anilines is 3. The van der Waals surface area contributed by atoms with Gasteiger partial charge in [0.15, 0.2) is 5.81 Å². The molecule has 3 aromatic rings. The minimum Gasteiger partial charge on any atom is -0.390 e. The van der Waals surface area contributed by atoms with Gasteiger partial charge in [0.1, 0.15) is 5.69 Å². The van der Waals surface area contributed by atoms with Gasteiger partial charge in [0.2, 0.25) is 24.1 Å². The topological polar surface area (TPSA) is 119 Å². The molecule has 0 aliphatic rings. The summed E-state index contributed by atoms with van der Waals surface area (Å²) in [7, 11) is 17.9. The molecule has 3 heterocycles. The Labute approximate surface area is 306 Å². The number of pyridine rings is 3. The Balaban J connectivity index is 0.000000383. The number of hydrogen-bond acceptors (Lipinski definition) is 6. The van der Waals surface area contributed by atoms with Crippen LogP contribution in [0.5, 0.6) is 0 Å². The first kappa shape index (κ1) is 44.3. The Morgan fingerprint density at radius 2 is 0.961 bits per heavy atom. The van der Waals surface area contributed by atoms with E-state index in [1.165, 1.54) is 0 Å². The molecule has 10 nitrogen and oxygen atoms in total. The first-order valence-corrected chi connectivity index (χ1v) is 16.6. The van der Waals surface area contributed by atoms with Crippen molar-refractivity contribution in [2.24, 2.45) is 21.1 Å². The lowest BCUT2D eigenvalue weighted by atomic mass is 9.83. The summed E-state index contributed by atoms with van der Waals surface area (Å²) in [5, 5.41) is 8.17. The van der Waals surface area contributed by atoms with Crippen molar-refractivity contribution in [2.75, 3.05) is 29.4 Å². The molecule has 0 fully saturated rings. The van der Waals surface area contributed by atoms with E-state index < -0.39 is 11.2 Å². The van der Waals surface area contributed by atoms with Crippen molar-refractivity contribution in [3.05, 3.63) is 121 Å². The van der Waals surface area contributed by atoms with Gasteiger partial charge >= 0.3 is 0 Å². The number of hydrogen-bond donors (Lipinski definition) is 3. The van der Waals surface area contributed by atoms with Crippen molar-refractivity contribution in [3.63, 3.8) is 0 Å². The fourth-order valence-corrected chi connectivity index (χ4v) is 5.69. The number of aromatic nitrogens is 3. The van der Waals surface area contributed by atoms with Gasteiger partial charge in [-0.25, -0.2) is 0 Å². The second-order valence-electron chi connectivity index (χ2n) is 14.2. The zero-order valence-corrected chi connectivity index (χ0v) is 32.9. The summed E-state index contributed by atoms with van der Waals surface area (Å²) in [4.78, 5) is 47.9. The van der Waals surface area contributed by atoms with Gasteiger partial charge in [-0.15, -0.1) is 19.7 Å². The predicted molar refractivity (Wildman–Crippen MR) is 217 cm³/mol. The van der Waals surface area contributed by atoms with Crippen molar-refractivity contribution in [3.8, 4) is 0 Å². The van der Waals surface area contributed by atoms with Crippen molar-refractivity contribution in [1.82, 2.24) is 13.7 Å². The van der Waals surface area contributed by atoms with E-state index in [1.807, 2.05) is 105 Å². The Bertz CT molecular complexity index is 1970. The quantitative estimate of drug-likeness (QED) is 0.184. The van der Waals surface area contributed by atoms with E-state index in [1.54, 1.807) is 36.2 Å². The number of aryl methyl sites for hydroxylation is 3. The third-order valence-corrected chi connectivity index (χ3v) is 9.34. The number of carbonyl (C=O) groups excluding carboxylic acids is 1. The molecular weight excluding hydrogens is 638 g/mol. The Kier molecular flexibility index (Phi) is 15.2. The van der Waals surface area contributed by atoms with E-state index in [9.17, 15) is 19.2 Å². The van der Waals surface area contributed by atoms with E-state index in [-0.39, 0.29) is 39.2 Å². The normalized spacial score (nSPS) is 11.2. The highest BCUT2D eigenvalue weighted by atomic mass is 16.1. The van der Waals surface area contributed by atoms with Crippen LogP contribution >= 0.6 is 0 Å². The van der Waals surface area contributed by atoms with Gasteiger partial charge in [0.25, 0.3) is 0 Å². The second kappa shape index (κ2) is 17.5. The van der Waals surface area contributed by atoms with Crippen LogP contribution in [0.3, 0.4) is 0 Å². The van der Waals surface area contributed by atoms with E-state index in [2.05, 4.69) is 35.7 Å². The van der Waals surface area contributed by atoms with Crippen molar-refractivity contribution in [2.45, 2.75) is 78.6 Å². The number of carbonyl (C=O) groups is 1.